The van der Waals surface area contributed by atoms with Gasteiger partial charge in [-0.1, -0.05) is 12.2 Å². The molecule has 0 amide bonds. The smallest absolute Gasteiger partial charge is 0.111 e. The zero-order valence-electron chi connectivity index (χ0n) is 6.00. The standard InChI is InChI=1S/C7H9NOS/c1-8(2)7(10)6-3-4-9-5-6/h3-5H,1-2H3. The molecule has 3 heteroatoms. The maximum Gasteiger partial charge on any atom is 0.111 e. The molecule has 0 N–H and O–H groups in total. The second-order valence-corrected chi connectivity index (χ2v) is 2.60. The van der Waals surface area contributed by atoms with Crippen molar-refractivity contribution in [1.82, 2.24) is 4.90 Å². The molecule has 0 aromatic carbocycles. The molecule has 1 aromatic heterocycles. The van der Waals surface area contributed by atoms with Crippen molar-refractivity contribution < 1.29 is 4.42 Å². The van der Waals surface area contributed by atoms with E-state index < -0.39 is 0 Å². The van der Waals surface area contributed by atoms with E-state index in [-0.39, 0.29) is 0 Å². The zero-order valence-corrected chi connectivity index (χ0v) is 6.81. The van der Waals surface area contributed by atoms with Gasteiger partial charge in [0.1, 0.15) is 11.3 Å². The molecule has 1 rings (SSSR count). The summed E-state index contributed by atoms with van der Waals surface area (Å²) in [5, 5.41) is 0. The van der Waals surface area contributed by atoms with Gasteiger partial charge in [-0.2, -0.15) is 0 Å². The van der Waals surface area contributed by atoms with Crippen molar-refractivity contribution in [3.8, 4) is 0 Å². The van der Waals surface area contributed by atoms with Gasteiger partial charge in [0.05, 0.1) is 6.26 Å². The molecule has 0 radical (unpaired) electrons. The van der Waals surface area contributed by atoms with Crippen LogP contribution in [-0.2, 0) is 0 Å². The van der Waals surface area contributed by atoms with E-state index in [4.69, 9.17) is 16.6 Å². The first-order chi connectivity index (χ1) is 4.72. The first-order valence-corrected chi connectivity index (χ1v) is 3.36. The largest absolute Gasteiger partial charge is 0.472 e. The Morgan fingerprint density at radius 3 is 2.70 bits per heavy atom. The highest BCUT2D eigenvalue weighted by atomic mass is 32.1. The van der Waals surface area contributed by atoms with Crippen molar-refractivity contribution >= 4 is 17.2 Å². The molecule has 0 bridgehead atoms. The minimum atomic E-state index is 0.800. The molecule has 54 valence electrons. The van der Waals surface area contributed by atoms with Crippen molar-refractivity contribution in [1.29, 1.82) is 0 Å². The van der Waals surface area contributed by atoms with Crippen LogP contribution >= 0.6 is 12.2 Å². The Balaban J connectivity index is 2.78. The first-order valence-electron chi connectivity index (χ1n) is 2.95. The van der Waals surface area contributed by atoms with Gasteiger partial charge in [0.15, 0.2) is 0 Å². The number of furan rings is 1. The van der Waals surface area contributed by atoms with Crippen molar-refractivity contribution in [2.45, 2.75) is 0 Å². The van der Waals surface area contributed by atoms with Gasteiger partial charge in [0, 0.05) is 19.7 Å². The van der Waals surface area contributed by atoms with Gasteiger partial charge < -0.3 is 9.32 Å². The minimum Gasteiger partial charge on any atom is -0.472 e. The second-order valence-electron chi connectivity index (χ2n) is 2.21. The molecule has 0 saturated carbocycles. The molecular formula is C7H9NOS. The van der Waals surface area contributed by atoms with Gasteiger partial charge >= 0.3 is 0 Å². The third-order valence-electron chi connectivity index (χ3n) is 1.17. The minimum absolute atomic E-state index is 0.800. The van der Waals surface area contributed by atoms with Crippen LogP contribution in [0.3, 0.4) is 0 Å². The van der Waals surface area contributed by atoms with Crippen LogP contribution in [0.1, 0.15) is 5.56 Å². The van der Waals surface area contributed by atoms with Crippen LogP contribution in [0.15, 0.2) is 23.0 Å². The third-order valence-corrected chi connectivity index (χ3v) is 1.78. The van der Waals surface area contributed by atoms with E-state index >= 15 is 0 Å². The molecule has 0 unspecified atom stereocenters. The summed E-state index contributed by atoms with van der Waals surface area (Å²) < 4.78 is 4.87. The third kappa shape index (κ3) is 1.36. The van der Waals surface area contributed by atoms with E-state index in [1.165, 1.54) is 0 Å². The SMILES string of the molecule is CN(C)C(=S)c1ccoc1. The number of rotatable bonds is 1. The number of hydrogen-bond acceptors (Lipinski definition) is 2. The maximum atomic E-state index is 5.06. The van der Waals surface area contributed by atoms with Gasteiger partial charge in [0.25, 0.3) is 0 Å². The molecule has 10 heavy (non-hydrogen) atoms. The highest BCUT2D eigenvalue weighted by Gasteiger charge is 2.02. The molecule has 0 fully saturated rings. The van der Waals surface area contributed by atoms with Crippen LogP contribution in [0.2, 0.25) is 0 Å². The molecule has 0 aliphatic heterocycles. The summed E-state index contributed by atoms with van der Waals surface area (Å²) in [6.45, 7) is 0. The Hall–Kier alpha value is -0.830. The summed E-state index contributed by atoms with van der Waals surface area (Å²) in [5.74, 6) is 0. The lowest BCUT2D eigenvalue weighted by Crippen LogP contribution is -2.19. The lowest BCUT2D eigenvalue weighted by Gasteiger charge is -2.10. The van der Waals surface area contributed by atoms with E-state index in [0.29, 0.717) is 0 Å². The Morgan fingerprint density at radius 1 is 1.60 bits per heavy atom. The molecule has 1 aromatic rings. The number of hydrogen-bond donors (Lipinski definition) is 0. The Kier molecular flexibility index (Phi) is 2.06. The van der Waals surface area contributed by atoms with Gasteiger partial charge in [0.2, 0.25) is 0 Å². The highest BCUT2D eigenvalue weighted by Crippen LogP contribution is 2.03. The van der Waals surface area contributed by atoms with Crippen LogP contribution in [0, 0.1) is 0 Å². The average Bonchev–Trinajstić information content (AvgIpc) is 2.36. The fourth-order valence-corrected chi connectivity index (χ4v) is 0.761. The summed E-state index contributed by atoms with van der Waals surface area (Å²) in [6, 6.07) is 1.85. The predicted molar refractivity (Wildman–Crippen MR) is 44.1 cm³/mol. The highest BCUT2D eigenvalue weighted by molar-refractivity contribution is 7.80. The lowest BCUT2D eigenvalue weighted by atomic mass is 10.3. The Morgan fingerprint density at radius 2 is 2.30 bits per heavy atom. The molecule has 0 saturated heterocycles. The lowest BCUT2D eigenvalue weighted by molar-refractivity contribution is 0.565. The molecule has 1 heterocycles. The van der Waals surface area contributed by atoms with Gasteiger partial charge in [-0.15, -0.1) is 0 Å². The van der Waals surface area contributed by atoms with Crippen LogP contribution in [-0.4, -0.2) is 24.0 Å². The maximum absolute atomic E-state index is 5.06. The summed E-state index contributed by atoms with van der Waals surface area (Å²) in [6.07, 6.45) is 3.26. The molecule has 0 aliphatic rings. The van der Waals surface area contributed by atoms with Crippen molar-refractivity contribution in [3.05, 3.63) is 24.2 Å². The van der Waals surface area contributed by atoms with Crippen molar-refractivity contribution in [2.75, 3.05) is 14.1 Å². The Labute approximate surface area is 65.4 Å². The monoisotopic (exact) mass is 155 g/mol. The summed E-state index contributed by atoms with van der Waals surface area (Å²) >= 11 is 5.06. The van der Waals surface area contributed by atoms with Crippen LogP contribution < -0.4 is 0 Å². The normalized spacial score (nSPS) is 9.40. The Bertz CT molecular complexity index is 216. The molecular weight excluding hydrogens is 146 g/mol. The van der Waals surface area contributed by atoms with E-state index in [1.807, 2.05) is 25.1 Å². The van der Waals surface area contributed by atoms with E-state index in [2.05, 4.69) is 0 Å². The first kappa shape index (κ1) is 7.28. The molecule has 0 aliphatic carbocycles. The quantitative estimate of drug-likeness (QED) is 0.572. The number of thiocarbonyl (C=S) groups is 1. The van der Waals surface area contributed by atoms with E-state index in [1.54, 1.807) is 12.5 Å². The zero-order chi connectivity index (χ0) is 7.56. The van der Waals surface area contributed by atoms with Gasteiger partial charge in [-0.05, 0) is 6.07 Å². The van der Waals surface area contributed by atoms with E-state index in [0.717, 1.165) is 10.6 Å². The van der Waals surface area contributed by atoms with Crippen LogP contribution in [0.25, 0.3) is 0 Å². The van der Waals surface area contributed by atoms with Gasteiger partial charge in [-0.25, -0.2) is 0 Å². The topological polar surface area (TPSA) is 16.4 Å². The average molecular weight is 155 g/mol. The summed E-state index contributed by atoms with van der Waals surface area (Å²) in [7, 11) is 3.82. The fourth-order valence-electron chi connectivity index (χ4n) is 0.644. The fraction of sp³-hybridized carbons (Fsp3) is 0.286. The summed E-state index contributed by atoms with van der Waals surface area (Å²) in [5.41, 5.74) is 0.958. The molecule has 2 nitrogen and oxygen atoms in total. The van der Waals surface area contributed by atoms with Crippen molar-refractivity contribution in [2.24, 2.45) is 0 Å². The van der Waals surface area contributed by atoms with Crippen molar-refractivity contribution in [3.63, 3.8) is 0 Å². The van der Waals surface area contributed by atoms with Crippen LogP contribution in [0.5, 0.6) is 0 Å². The van der Waals surface area contributed by atoms with Gasteiger partial charge in [-0.3, -0.25) is 0 Å². The predicted octanol–water partition coefficient (Wildman–Crippen LogP) is 1.52. The van der Waals surface area contributed by atoms with Crippen LogP contribution in [0.4, 0.5) is 0 Å². The number of nitrogens with zero attached hydrogens (tertiary/aromatic N) is 1. The second kappa shape index (κ2) is 2.84. The van der Waals surface area contributed by atoms with E-state index in [9.17, 15) is 0 Å². The summed E-state index contributed by atoms with van der Waals surface area (Å²) in [4.78, 5) is 2.67. The molecule has 0 atom stereocenters. The molecule has 0 spiro atoms.